The number of anilines is 1. The van der Waals surface area contributed by atoms with Gasteiger partial charge >= 0.3 is 0 Å². The van der Waals surface area contributed by atoms with Gasteiger partial charge in [0, 0.05) is 31.8 Å². The van der Waals surface area contributed by atoms with Crippen LogP contribution in [0.1, 0.15) is 35.2 Å². The van der Waals surface area contributed by atoms with Gasteiger partial charge in [-0.15, -0.1) is 0 Å². The highest BCUT2D eigenvalue weighted by atomic mass is 16.2. The van der Waals surface area contributed by atoms with Gasteiger partial charge in [-0.25, -0.2) is 0 Å². The minimum atomic E-state index is -0.0625. The van der Waals surface area contributed by atoms with Gasteiger partial charge in [-0.1, -0.05) is 6.07 Å². The third-order valence-electron chi connectivity index (χ3n) is 4.11. The van der Waals surface area contributed by atoms with Crippen molar-refractivity contribution in [3.63, 3.8) is 0 Å². The zero-order chi connectivity index (χ0) is 16.1. The maximum atomic E-state index is 12.1. The first-order valence-electron chi connectivity index (χ1n) is 7.80. The van der Waals surface area contributed by atoms with Crippen LogP contribution in [0.3, 0.4) is 0 Å². The average molecular weight is 303 g/mol. The fraction of sp³-hybridized carbons (Fsp3) is 0.529. The quantitative estimate of drug-likeness (QED) is 0.875. The van der Waals surface area contributed by atoms with Crippen molar-refractivity contribution in [3.8, 4) is 0 Å². The van der Waals surface area contributed by atoms with Gasteiger partial charge in [-0.2, -0.15) is 0 Å². The third-order valence-corrected chi connectivity index (χ3v) is 4.11. The molecule has 2 N–H and O–H groups in total. The standard InChI is InChI=1S/C17H25N3O2/c1-12-4-6-14(17(22)20(2)3)10-15(12)19-16(21)7-5-13-8-9-18-11-13/h4,6,10,13,18H,5,7-9,11H2,1-3H3,(H,19,21). The zero-order valence-corrected chi connectivity index (χ0v) is 13.6. The number of hydrogen-bond acceptors (Lipinski definition) is 3. The van der Waals surface area contributed by atoms with E-state index in [0.717, 1.165) is 37.2 Å². The number of carbonyl (C=O) groups excluding carboxylic acids is 2. The van der Waals surface area contributed by atoms with E-state index in [1.54, 1.807) is 26.2 Å². The number of rotatable bonds is 5. The molecule has 0 spiro atoms. The van der Waals surface area contributed by atoms with Gasteiger partial charge in [0.15, 0.2) is 0 Å². The summed E-state index contributed by atoms with van der Waals surface area (Å²) in [5, 5.41) is 6.25. The molecule has 0 bridgehead atoms. The Morgan fingerprint density at radius 2 is 2.14 bits per heavy atom. The van der Waals surface area contributed by atoms with Gasteiger partial charge in [0.1, 0.15) is 0 Å². The Kier molecular flexibility index (Phi) is 5.55. The second kappa shape index (κ2) is 7.40. The first kappa shape index (κ1) is 16.5. The Morgan fingerprint density at radius 1 is 1.36 bits per heavy atom. The van der Waals surface area contributed by atoms with Crippen molar-refractivity contribution in [1.29, 1.82) is 0 Å². The summed E-state index contributed by atoms with van der Waals surface area (Å²) >= 11 is 0. The molecular formula is C17H25N3O2. The van der Waals surface area contributed by atoms with Crippen molar-refractivity contribution in [2.45, 2.75) is 26.2 Å². The number of nitrogens with zero attached hydrogens (tertiary/aromatic N) is 1. The lowest BCUT2D eigenvalue weighted by Crippen LogP contribution is -2.22. The summed E-state index contributed by atoms with van der Waals surface area (Å²) in [5.74, 6) is 0.561. The Balaban J connectivity index is 1.97. The van der Waals surface area contributed by atoms with Crippen molar-refractivity contribution in [2.24, 2.45) is 5.92 Å². The number of nitrogens with one attached hydrogen (secondary N) is 2. The Bertz CT molecular complexity index is 549. The maximum absolute atomic E-state index is 12.1. The molecule has 0 saturated carbocycles. The molecule has 0 aliphatic carbocycles. The van der Waals surface area contributed by atoms with Gasteiger partial charge in [0.2, 0.25) is 5.91 Å². The number of benzene rings is 1. The monoisotopic (exact) mass is 303 g/mol. The molecule has 120 valence electrons. The minimum absolute atomic E-state index is 0.0180. The van der Waals surface area contributed by atoms with Crippen molar-refractivity contribution in [1.82, 2.24) is 10.2 Å². The zero-order valence-electron chi connectivity index (χ0n) is 13.6. The van der Waals surface area contributed by atoms with Gasteiger partial charge in [0.05, 0.1) is 0 Å². The van der Waals surface area contributed by atoms with Crippen LogP contribution in [0.4, 0.5) is 5.69 Å². The lowest BCUT2D eigenvalue weighted by molar-refractivity contribution is -0.116. The molecule has 1 aliphatic rings. The lowest BCUT2D eigenvalue weighted by atomic mass is 10.0. The molecular weight excluding hydrogens is 278 g/mol. The smallest absolute Gasteiger partial charge is 0.253 e. The van der Waals surface area contributed by atoms with Crippen LogP contribution < -0.4 is 10.6 Å². The number of aryl methyl sites for hydroxylation is 1. The molecule has 2 amide bonds. The maximum Gasteiger partial charge on any atom is 0.253 e. The highest BCUT2D eigenvalue weighted by Gasteiger charge is 2.16. The molecule has 1 aromatic carbocycles. The molecule has 22 heavy (non-hydrogen) atoms. The SMILES string of the molecule is Cc1ccc(C(=O)N(C)C)cc1NC(=O)CCC1CCNC1. The van der Waals surface area contributed by atoms with Crippen LogP contribution in [-0.4, -0.2) is 43.9 Å². The molecule has 1 heterocycles. The Labute approximate surface area is 132 Å². The number of amides is 2. The van der Waals surface area contributed by atoms with Crippen LogP contribution in [-0.2, 0) is 4.79 Å². The van der Waals surface area contributed by atoms with E-state index < -0.39 is 0 Å². The van der Waals surface area contributed by atoms with Crippen LogP contribution >= 0.6 is 0 Å². The van der Waals surface area contributed by atoms with Crippen LogP contribution in [0, 0.1) is 12.8 Å². The van der Waals surface area contributed by atoms with E-state index in [1.165, 1.54) is 4.90 Å². The number of carbonyl (C=O) groups is 2. The van der Waals surface area contributed by atoms with Gasteiger partial charge in [0.25, 0.3) is 5.91 Å². The lowest BCUT2D eigenvalue weighted by Gasteiger charge is -2.14. The molecule has 1 saturated heterocycles. The second-order valence-corrected chi connectivity index (χ2v) is 6.17. The first-order valence-corrected chi connectivity index (χ1v) is 7.80. The van der Waals surface area contributed by atoms with E-state index in [1.807, 2.05) is 13.0 Å². The molecule has 1 aliphatic heterocycles. The molecule has 1 aromatic rings. The van der Waals surface area contributed by atoms with Crippen LogP contribution in [0.25, 0.3) is 0 Å². The predicted molar refractivity (Wildman–Crippen MR) is 88.0 cm³/mol. The van der Waals surface area contributed by atoms with E-state index in [2.05, 4.69) is 10.6 Å². The van der Waals surface area contributed by atoms with Crippen molar-refractivity contribution >= 4 is 17.5 Å². The van der Waals surface area contributed by atoms with E-state index in [4.69, 9.17) is 0 Å². The van der Waals surface area contributed by atoms with Crippen molar-refractivity contribution in [3.05, 3.63) is 29.3 Å². The Hall–Kier alpha value is -1.88. The topological polar surface area (TPSA) is 61.4 Å². The molecule has 2 rings (SSSR count). The normalized spacial score (nSPS) is 17.3. The van der Waals surface area contributed by atoms with Gasteiger partial charge < -0.3 is 15.5 Å². The van der Waals surface area contributed by atoms with E-state index in [0.29, 0.717) is 17.9 Å². The molecule has 1 atom stereocenters. The number of hydrogen-bond donors (Lipinski definition) is 2. The summed E-state index contributed by atoms with van der Waals surface area (Å²) in [7, 11) is 3.44. The largest absolute Gasteiger partial charge is 0.345 e. The molecule has 0 radical (unpaired) electrons. The first-order chi connectivity index (χ1) is 10.5. The van der Waals surface area contributed by atoms with Gasteiger partial charge in [-0.3, -0.25) is 9.59 Å². The van der Waals surface area contributed by atoms with E-state index >= 15 is 0 Å². The predicted octanol–water partition coefficient (Wildman–Crippen LogP) is 2.03. The summed E-state index contributed by atoms with van der Waals surface area (Å²) < 4.78 is 0. The van der Waals surface area contributed by atoms with Gasteiger partial charge in [-0.05, 0) is 56.5 Å². The van der Waals surface area contributed by atoms with Crippen molar-refractivity contribution in [2.75, 3.05) is 32.5 Å². The molecule has 0 aromatic heterocycles. The molecule has 5 heteroatoms. The molecule has 5 nitrogen and oxygen atoms in total. The van der Waals surface area contributed by atoms with Crippen LogP contribution in [0.5, 0.6) is 0 Å². The summed E-state index contributed by atoms with van der Waals surface area (Å²) in [4.78, 5) is 25.6. The third kappa shape index (κ3) is 4.31. The Morgan fingerprint density at radius 3 is 2.77 bits per heavy atom. The summed E-state index contributed by atoms with van der Waals surface area (Å²) in [6.07, 6.45) is 2.59. The highest BCUT2D eigenvalue weighted by Crippen LogP contribution is 2.19. The second-order valence-electron chi connectivity index (χ2n) is 6.17. The van der Waals surface area contributed by atoms with Crippen LogP contribution in [0.15, 0.2) is 18.2 Å². The van der Waals surface area contributed by atoms with Crippen LogP contribution in [0.2, 0.25) is 0 Å². The fourth-order valence-electron chi connectivity index (χ4n) is 2.66. The summed E-state index contributed by atoms with van der Waals surface area (Å²) in [6, 6.07) is 5.41. The van der Waals surface area contributed by atoms with Crippen molar-refractivity contribution < 1.29 is 9.59 Å². The van der Waals surface area contributed by atoms with E-state index in [-0.39, 0.29) is 11.8 Å². The summed E-state index contributed by atoms with van der Waals surface area (Å²) in [6.45, 7) is 4.00. The summed E-state index contributed by atoms with van der Waals surface area (Å²) in [5.41, 5.74) is 2.28. The van der Waals surface area contributed by atoms with E-state index in [9.17, 15) is 9.59 Å². The molecule has 1 unspecified atom stereocenters. The highest BCUT2D eigenvalue weighted by molar-refractivity contribution is 5.97. The minimum Gasteiger partial charge on any atom is -0.345 e. The average Bonchev–Trinajstić information content (AvgIpc) is 3.00. The molecule has 1 fully saturated rings. The fourth-order valence-corrected chi connectivity index (χ4v) is 2.66.